The zero-order valence-corrected chi connectivity index (χ0v) is 8.69. The van der Waals surface area contributed by atoms with Crippen LogP contribution in [-0.2, 0) is 6.42 Å². The van der Waals surface area contributed by atoms with Crippen LogP contribution >= 0.6 is 15.9 Å². The van der Waals surface area contributed by atoms with Crippen LogP contribution in [0.2, 0.25) is 0 Å². The van der Waals surface area contributed by atoms with E-state index in [2.05, 4.69) is 46.4 Å². The third kappa shape index (κ3) is 1.48. The minimum absolute atomic E-state index is 0.756. The van der Waals surface area contributed by atoms with Gasteiger partial charge in [-0.1, -0.05) is 22.9 Å². The normalized spacial score (nSPS) is 21.3. The Kier molecular flexibility index (Phi) is 2.09. The molecule has 2 rings (SSSR count). The molecule has 0 bridgehead atoms. The van der Waals surface area contributed by atoms with Crippen molar-refractivity contribution < 1.29 is 0 Å². The van der Waals surface area contributed by atoms with Crippen LogP contribution < -0.4 is 5.32 Å². The number of rotatable bonds is 0. The van der Waals surface area contributed by atoms with Crippen molar-refractivity contribution in [2.24, 2.45) is 5.92 Å². The molecule has 1 atom stereocenters. The van der Waals surface area contributed by atoms with Crippen molar-refractivity contribution in [2.75, 3.05) is 11.9 Å². The number of halogens is 1. The quantitative estimate of drug-likeness (QED) is 0.716. The summed E-state index contributed by atoms with van der Waals surface area (Å²) in [6.45, 7) is 3.38. The van der Waals surface area contributed by atoms with Gasteiger partial charge in [0.05, 0.1) is 0 Å². The lowest BCUT2D eigenvalue weighted by Crippen LogP contribution is -2.20. The van der Waals surface area contributed by atoms with E-state index >= 15 is 0 Å². The van der Waals surface area contributed by atoms with Gasteiger partial charge in [-0.05, 0) is 36.1 Å². The first-order valence-electron chi connectivity index (χ1n) is 4.28. The Hall–Kier alpha value is -0.500. The Balaban J connectivity index is 2.37. The molecule has 1 N–H and O–H groups in total. The number of fused-ring (bicyclic) bond motifs is 1. The van der Waals surface area contributed by atoms with E-state index < -0.39 is 0 Å². The van der Waals surface area contributed by atoms with Gasteiger partial charge in [0.15, 0.2) is 0 Å². The lowest BCUT2D eigenvalue weighted by atomic mass is 9.96. The van der Waals surface area contributed by atoms with E-state index in [4.69, 9.17) is 0 Å². The van der Waals surface area contributed by atoms with Crippen molar-refractivity contribution in [1.82, 2.24) is 0 Å². The highest BCUT2D eigenvalue weighted by molar-refractivity contribution is 9.10. The summed E-state index contributed by atoms with van der Waals surface area (Å²) >= 11 is 3.48. The Bertz CT molecular complexity index is 296. The van der Waals surface area contributed by atoms with Gasteiger partial charge in [0, 0.05) is 16.7 Å². The maximum Gasteiger partial charge on any atom is 0.0373 e. The Morgan fingerprint density at radius 2 is 2.33 bits per heavy atom. The van der Waals surface area contributed by atoms with Gasteiger partial charge in [-0.25, -0.2) is 0 Å². The molecule has 1 heterocycles. The van der Waals surface area contributed by atoms with Crippen molar-refractivity contribution in [3.8, 4) is 0 Å². The molecular weight excluding hydrogens is 214 g/mol. The Labute approximate surface area is 81.3 Å². The fraction of sp³-hybridized carbons (Fsp3) is 0.400. The molecule has 1 aromatic carbocycles. The summed E-state index contributed by atoms with van der Waals surface area (Å²) in [4.78, 5) is 0. The molecule has 0 saturated heterocycles. The third-order valence-corrected chi connectivity index (χ3v) is 2.77. The van der Waals surface area contributed by atoms with Gasteiger partial charge >= 0.3 is 0 Å². The second kappa shape index (κ2) is 3.09. The van der Waals surface area contributed by atoms with E-state index in [1.807, 2.05) is 0 Å². The molecule has 2 heteroatoms. The molecule has 0 aromatic heterocycles. The highest BCUT2D eigenvalue weighted by Crippen LogP contribution is 2.27. The molecule has 1 nitrogen and oxygen atoms in total. The van der Waals surface area contributed by atoms with Gasteiger partial charge < -0.3 is 5.32 Å². The van der Waals surface area contributed by atoms with Crippen molar-refractivity contribution >= 4 is 21.6 Å². The second-order valence-corrected chi connectivity index (χ2v) is 4.41. The van der Waals surface area contributed by atoms with Crippen molar-refractivity contribution in [3.05, 3.63) is 28.2 Å². The van der Waals surface area contributed by atoms with Crippen LogP contribution in [0.3, 0.4) is 0 Å². The maximum atomic E-state index is 3.48. The SMILES string of the molecule is C[C@H]1CNc2ccc(Br)cc2C1. The maximum absolute atomic E-state index is 3.48. The number of benzene rings is 1. The summed E-state index contributed by atoms with van der Waals surface area (Å²) in [6, 6.07) is 6.44. The van der Waals surface area contributed by atoms with E-state index in [1.54, 1.807) is 0 Å². The summed E-state index contributed by atoms with van der Waals surface area (Å²) in [5.41, 5.74) is 2.74. The molecule has 0 fully saturated rings. The topological polar surface area (TPSA) is 12.0 Å². The minimum Gasteiger partial charge on any atom is -0.385 e. The molecule has 0 amide bonds. The predicted molar refractivity (Wildman–Crippen MR) is 55.5 cm³/mol. The van der Waals surface area contributed by atoms with Crippen molar-refractivity contribution in [1.29, 1.82) is 0 Å². The van der Waals surface area contributed by atoms with Gasteiger partial charge in [-0.3, -0.25) is 0 Å². The van der Waals surface area contributed by atoms with E-state index in [0.717, 1.165) is 12.5 Å². The average molecular weight is 226 g/mol. The lowest BCUT2D eigenvalue weighted by molar-refractivity contribution is 0.594. The third-order valence-electron chi connectivity index (χ3n) is 2.28. The Morgan fingerprint density at radius 3 is 3.17 bits per heavy atom. The largest absolute Gasteiger partial charge is 0.385 e. The average Bonchev–Trinajstić information content (AvgIpc) is 2.03. The van der Waals surface area contributed by atoms with Gasteiger partial charge in [0.1, 0.15) is 0 Å². The minimum atomic E-state index is 0.756. The van der Waals surface area contributed by atoms with Crippen LogP contribution in [0.1, 0.15) is 12.5 Å². The first kappa shape index (κ1) is 8.11. The number of nitrogens with one attached hydrogen (secondary N) is 1. The van der Waals surface area contributed by atoms with Crippen LogP contribution in [0.15, 0.2) is 22.7 Å². The van der Waals surface area contributed by atoms with Gasteiger partial charge in [0.25, 0.3) is 0 Å². The first-order valence-corrected chi connectivity index (χ1v) is 5.07. The van der Waals surface area contributed by atoms with Crippen LogP contribution in [0.4, 0.5) is 5.69 Å². The summed E-state index contributed by atoms with van der Waals surface area (Å²) in [5, 5.41) is 3.42. The number of anilines is 1. The predicted octanol–water partition coefficient (Wildman–Crippen LogP) is 3.05. The van der Waals surface area contributed by atoms with Crippen molar-refractivity contribution in [2.45, 2.75) is 13.3 Å². The van der Waals surface area contributed by atoms with Crippen LogP contribution in [0, 0.1) is 5.92 Å². The van der Waals surface area contributed by atoms with Gasteiger partial charge in [-0.2, -0.15) is 0 Å². The van der Waals surface area contributed by atoms with Gasteiger partial charge in [-0.15, -0.1) is 0 Å². The first-order chi connectivity index (χ1) is 5.75. The molecule has 64 valence electrons. The molecule has 0 radical (unpaired) electrons. The van der Waals surface area contributed by atoms with Crippen molar-refractivity contribution in [3.63, 3.8) is 0 Å². The fourth-order valence-corrected chi connectivity index (χ4v) is 2.04. The number of hydrogen-bond donors (Lipinski definition) is 1. The summed E-state index contributed by atoms with van der Waals surface area (Å²) < 4.78 is 1.18. The number of hydrogen-bond acceptors (Lipinski definition) is 1. The van der Waals surface area contributed by atoms with E-state index in [9.17, 15) is 0 Å². The van der Waals surface area contributed by atoms with Gasteiger partial charge in [0.2, 0.25) is 0 Å². The molecule has 1 aromatic rings. The standard InChI is InChI=1S/C10H12BrN/c1-7-4-8-5-9(11)2-3-10(8)12-6-7/h2-3,5,7,12H,4,6H2,1H3/t7-/m1/s1. The summed E-state index contributed by atoms with van der Waals surface area (Å²) in [5.74, 6) is 0.756. The monoisotopic (exact) mass is 225 g/mol. The molecule has 0 spiro atoms. The highest BCUT2D eigenvalue weighted by atomic mass is 79.9. The smallest absolute Gasteiger partial charge is 0.0373 e. The molecule has 12 heavy (non-hydrogen) atoms. The second-order valence-electron chi connectivity index (χ2n) is 3.49. The van der Waals surface area contributed by atoms with Crippen LogP contribution in [-0.4, -0.2) is 6.54 Å². The lowest BCUT2D eigenvalue weighted by Gasteiger charge is -2.23. The molecule has 0 saturated carbocycles. The van der Waals surface area contributed by atoms with Crippen LogP contribution in [0.5, 0.6) is 0 Å². The molecule has 1 aliphatic rings. The molecule has 0 aliphatic carbocycles. The van der Waals surface area contributed by atoms with E-state index in [1.165, 1.54) is 22.1 Å². The summed E-state index contributed by atoms with van der Waals surface area (Å²) in [6.07, 6.45) is 1.20. The zero-order chi connectivity index (χ0) is 8.55. The fourth-order valence-electron chi connectivity index (χ4n) is 1.64. The zero-order valence-electron chi connectivity index (χ0n) is 7.10. The summed E-state index contributed by atoms with van der Waals surface area (Å²) in [7, 11) is 0. The highest BCUT2D eigenvalue weighted by Gasteiger charge is 2.13. The molecule has 1 aliphatic heterocycles. The molecular formula is C10H12BrN. The molecule has 0 unspecified atom stereocenters. The van der Waals surface area contributed by atoms with Crippen LogP contribution in [0.25, 0.3) is 0 Å². The van der Waals surface area contributed by atoms with E-state index in [-0.39, 0.29) is 0 Å². The Morgan fingerprint density at radius 1 is 1.50 bits per heavy atom. The van der Waals surface area contributed by atoms with E-state index in [0.29, 0.717) is 0 Å².